The van der Waals surface area contributed by atoms with Gasteiger partial charge in [-0.2, -0.15) is 0 Å². The molecule has 1 aromatic heterocycles. The van der Waals surface area contributed by atoms with E-state index < -0.39 is 5.25 Å². The van der Waals surface area contributed by atoms with Gasteiger partial charge in [-0.15, -0.1) is 0 Å². The summed E-state index contributed by atoms with van der Waals surface area (Å²) in [6.45, 7) is 6.32. The van der Waals surface area contributed by atoms with Crippen LogP contribution in [0.4, 0.5) is 0 Å². The van der Waals surface area contributed by atoms with Crippen LogP contribution in [0.5, 0.6) is 0 Å². The van der Waals surface area contributed by atoms with E-state index in [1.807, 2.05) is 51.1 Å². The summed E-state index contributed by atoms with van der Waals surface area (Å²) < 4.78 is 1.64. The van der Waals surface area contributed by atoms with Gasteiger partial charge in [-0.05, 0) is 44.0 Å². The fourth-order valence-electron chi connectivity index (χ4n) is 3.05. The predicted molar refractivity (Wildman–Crippen MR) is 120 cm³/mol. The molecule has 0 aliphatic carbocycles. The van der Waals surface area contributed by atoms with E-state index in [4.69, 9.17) is 11.6 Å². The van der Waals surface area contributed by atoms with Crippen LogP contribution in [0.25, 0.3) is 10.9 Å². The normalized spacial score (nSPS) is 13.2. The van der Waals surface area contributed by atoms with Crippen molar-refractivity contribution in [2.24, 2.45) is 0 Å². The van der Waals surface area contributed by atoms with Crippen molar-refractivity contribution in [2.45, 2.75) is 50.2 Å². The molecule has 2 aromatic carbocycles. The summed E-state index contributed by atoms with van der Waals surface area (Å²) in [5.41, 5.74) is 1.48. The lowest BCUT2D eigenvalue weighted by atomic mass is 10.1. The van der Waals surface area contributed by atoms with Crippen molar-refractivity contribution in [3.8, 4) is 0 Å². The van der Waals surface area contributed by atoms with Gasteiger partial charge >= 0.3 is 0 Å². The maximum Gasteiger partial charge on any atom is 0.262 e. The van der Waals surface area contributed by atoms with Gasteiger partial charge in [-0.1, -0.05) is 60.6 Å². The lowest BCUT2D eigenvalue weighted by Gasteiger charge is -2.19. The second kappa shape index (κ2) is 9.46. The average molecular weight is 430 g/mol. The average Bonchev–Trinajstić information content (AvgIpc) is 2.71. The molecular weight excluding hydrogens is 406 g/mol. The van der Waals surface area contributed by atoms with E-state index in [-0.39, 0.29) is 17.5 Å². The zero-order valence-corrected chi connectivity index (χ0v) is 18.3. The van der Waals surface area contributed by atoms with Crippen molar-refractivity contribution in [1.29, 1.82) is 0 Å². The summed E-state index contributed by atoms with van der Waals surface area (Å²) in [5.74, 6) is -0.102. The molecule has 2 atom stereocenters. The van der Waals surface area contributed by atoms with Gasteiger partial charge in [-0.25, -0.2) is 4.98 Å². The highest BCUT2D eigenvalue weighted by molar-refractivity contribution is 8.00. The maximum absolute atomic E-state index is 12.9. The Morgan fingerprint density at radius 3 is 2.62 bits per heavy atom. The van der Waals surface area contributed by atoms with Crippen LogP contribution in [0.15, 0.2) is 58.5 Å². The third-order valence-corrected chi connectivity index (χ3v) is 5.96. The molecule has 7 heteroatoms. The Morgan fingerprint density at radius 2 is 1.93 bits per heavy atom. The number of nitrogens with zero attached hydrogens (tertiary/aromatic N) is 2. The lowest BCUT2D eigenvalue weighted by Crippen LogP contribution is -2.34. The van der Waals surface area contributed by atoms with Crippen LogP contribution in [-0.2, 0) is 11.3 Å². The van der Waals surface area contributed by atoms with Crippen molar-refractivity contribution in [1.82, 2.24) is 14.9 Å². The van der Waals surface area contributed by atoms with E-state index in [0.29, 0.717) is 27.6 Å². The Labute approximate surface area is 179 Å². The molecule has 0 aliphatic rings. The van der Waals surface area contributed by atoms with Gasteiger partial charge in [0.2, 0.25) is 5.91 Å². The first-order valence-corrected chi connectivity index (χ1v) is 10.9. The lowest BCUT2D eigenvalue weighted by molar-refractivity contribution is -0.120. The summed E-state index contributed by atoms with van der Waals surface area (Å²) >= 11 is 7.36. The molecule has 5 nitrogen and oxygen atoms in total. The number of hydrogen-bond acceptors (Lipinski definition) is 4. The van der Waals surface area contributed by atoms with Crippen LogP contribution in [-0.4, -0.2) is 20.7 Å². The Balaban J connectivity index is 1.85. The van der Waals surface area contributed by atoms with Crippen LogP contribution in [0.3, 0.4) is 0 Å². The predicted octanol–water partition coefficient (Wildman–Crippen LogP) is 4.82. The van der Waals surface area contributed by atoms with Crippen molar-refractivity contribution in [3.05, 3.63) is 69.5 Å². The number of carbonyl (C=O) groups is 1. The number of benzene rings is 2. The Bertz CT molecular complexity index is 1070. The molecule has 0 spiro atoms. The Kier molecular flexibility index (Phi) is 6.98. The standard InChI is InChI=1S/C22H24ClN3O2S/c1-4-12-26-21(28)18-11-10-17(23)13-19(18)25-22(26)29-15(3)20(27)24-14(2)16-8-6-5-7-9-16/h5-11,13-15H,4,12H2,1-3H3,(H,24,27). The molecule has 0 saturated carbocycles. The van der Waals surface area contributed by atoms with Crippen LogP contribution in [0, 0.1) is 0 Å². The van der Waals surface area contributed by atoms with E-state index in [0.717, 1.165) is 12.0 Å². The number of fused-ring (bicyclic) bond motifs is 1. The maximum atomic E-state index is 12.9. The van der Waals surface area contributed by atoms with E-state index >= 15 is 0 Å². The zero-order valence-electron chi connectivity index (χ0n) is 16.7. The molecule has 3 aromatic rings. The molecule has 1 heterocycles. The fraction of sp³-hybridized carbons (Fsp3) is 0.318. The minimum Gasteiger partial charge on any atom is -0.349 e. The second-order valence-electron chi connectivity index (χ2n) is 6.91. The van der Waals surface area contributed by atoms with Gasteiger partial charge in [0.15, 0.2) is 5.16 Å². The van der Waals surface area contributed by atoms with Crippen LogP contribution in [0.1, 0.15) is 38.8 Å². The Morgan fingerprint density at radius 1 is 1.21 bits per heavy atom. The molecule has 0 saturated heterocycles. The SMILES string of the molecule is CCCn1c(SC(C)C(=O)NC(C)c2ccccc2)nc2cc(Cl)ccc2c1=O. The highest BCUT2D eigenvalue weighted by atomic mass is 35.5. The number of thioether (sulfide) groups is 1. The topological polar surface area (TPSA) is 64.0 Å². The van der Waals surface area contributed by atoms with Gasteiger partial charge < -0.3 is 5.32 Å². The van der Waals surface area contributed by atoms with Crippen molar-refractivity contribution < 1.29 is 4.79 Å². The molecule has 0 aliphatic heterocycles. The molecule has 1 amide bonds. The molecule has 1 N–H and O–H groups in total. The van der Waals surface area contributed by atoms with Gasteiger partial charge in [0.25, 0.3) is 5.56 Å². The zero-order chi connectivity index (χ0) is 21.0. The summed E-state index contributed by atoms with van der Waals surface area (Å²) in [6, 6.07) is 14.8. The molecule has 0 radical (unpaired) electrons. The second-order valence-corrected chi connectivity index (χ2v) is 8.66. The summed E-state index contributed by atoms with van der Waals surface area (Å²) in [7, 11) is 0. The van der Waals surface area contributed by atoms with Crippen molar-refractivity contribution in [2.75, 3.05) is 0 Å². The highest BCUT2D eigenvalue weighted by Crippen LogP contribution is 2.25. The number of rotatable bonds is 7. The van der Waals surface area contributed by atoms with Crippen molar-refractivity contribution in [3.63, 3.8) is 0 Å². The quantitative estimate of drug-likeness (QED) is 0.432. The number of hydrogen-bond donors (Lipinski definition) is 1. The third-order valence-electron chi connectivity index (χ3n) is 4.64. The van der Waals surface area contributed by atoms with Gasteiger partial charge in [0.05, 0.1) is 22.2 Å². The molecule has 3 rings (SSSR count). The number of carbonyl (C=O) groups excluding carboxylic acids is 1. The highest BCUT2D eigenvalue weighted by Gasteiger charge is 2.21. The molecule has 0 fully saturated rings. The van der Waals surface area contributed by atoms with E-state index in [2.05, 4.69) is 10.3 Å². The fourth-order valence-corrected chi connectivity index (χ4v) is 4.16. The van der Waals surface area contributed by atoms with Crippen LogP contribution < -0.4 is 10.9 Å². The number of halogens is 1. The largest absolute Gasteiger partial charge is 0.349 e. The first-order chi connectivity index (χ1) is 13.9. The minimum atomic E-state index is -0.409. The van der Waals surface area contributed by atoms with Crippen LogP contribution in [0.2, 0.25) is 5.02 Å². The third kappa shape index (κ3) is 5.00. The van der Waals surface area contributed by atoms with Crippen LogP contribution >= 0.6 is 23.4 Å². The van der Waals surface area contributed by atoms with Gasteiger partial charge in [-0.3, -0.25) is 14.2 Å². The summed E-state index contributed by atoms with van der Waals surface area (Å²) in [4.78, 5) is 30.3. The van der Waals surface area contributed by atoms with E-state index in [9.17, 15) is 9.59 Å². The summed E-state index contributed by atoms with van der Waals surface area (Å²) in [6.07, 6.45) is 0.792. The molecule has 152 valence electrons. The number of amides is 1. The smallest absolute Gasteiger partial charge is 0.262 e. The minimum absolute atomic E-state index is 0.102. The first-order valence-electron chi connectivity index (χ1n) is 9.62. The van der Waals surface area contributed by atoms with Gasteiger partial charge in [0, 0.05) is 11.6 Å². The molecule has 2 unspecified atom stereocenters. The molecule has 29 heavy (non-hydrogen) atoms. The molecule has 0 bridgehead atoms. The van der Waals surface area contributed by atoms with Gasteiger partial charge in [0.1, 0.15) is 0 Å². The van der Waals surface area contributed by atoms with E-state index in [1.54, 1.807) is 22.8 Å². The first kappa shape index (κ1) is 21.4. The summed E-state index contributed by atoms with van der Waals surface area (Å²) in [5, 5.41) is 4.21. The van der Waals surface area contributed by atoms with Crippen molar-refractivity contribution >= 4 is 40.2 Å². The Hall–Kier alpha value is -2.31. The molecular formula is C22H24ClN3O2S. The monoisotopic (exact) mass is 429 g/mol. The van der Waals surface area contributed by atoms with E-state index in [1.165, 1.54) is 11.8 Å². The number of aromatic nitrogens is 2. The number of nitrogens with one attached hydrogen (secondary N) is 1.